The van der Waals surface area contributed by atoms with Crippen molar-refractivity contribution in [2.45, 2.75) is 71.0 Å². The Hall–Kier alpha value is -3.16. The second-order valence-electron chi connectivity index (χ2n) is 10.6. The third kappa shape index (κ3) is 4.45. The Labute approximate surface area is 200 Å². The van der Waals surface area contributed by atoms with E-state index in [-0.39, 0.29) is 12.8 Å². The lowest BCUT2D eigenvalue weighted by Crippen LogP contribution is -2.56. The van der Waals surface area contributed by atoms with Gasteiger partial charge in [0.25, 0.3) is 0 Å². The van der Waals surface area contributed by atoms with Crippen molar-refractivity contribution in [3.63, 3.8) is 0 Å². The van der Waals surface area contributed by atoms with E-state index in [1.807, 2.05) is 0 Å². The molecule has 0 N–H and O–H groups in total. The number of imide groups is 1. The van der Waals surface area contributed by atoms with Crippen LogP contribution >= 0.6 is 0 Å². The molecule has 0 unspecified atom stereocenters. The maximum Gasteiger partial charge on any atom is 0.421 e. The van der Waals surface area contributed by atoms with Gasteiger partial charge in [0.05, 0.1) is 24.1 Å². The van der Waals surface area contributed by atoms with Crippen molar-refractivity contribution in [2.24, 2.45) is 11.8 Å². The Kier molecular flexibility index (Phi) is 6.66. The molecule has 3 atom stereocenters. The quantitative estimate of drug-likeness (QED) is 0.366. The number of methoxy groups -OCH3 is 1. The lowest BCUT2D eigenvalue weighted by atomic mass is 9.58. The van der Waals surface area contributed by atoms with Gasteiger partial charge >= 0.3 is 12.1 Å². The van der Waals surface area contributed by atoms with Gasteiger partial charge in [-0.2, -0.15) is 0 Å². The third-order valence-corrected chi connectivity index (χ3v) is 5.94. The molecular formula is C26H33NO7. The van der Waals surface area contributed by atoms with Gasteiger partial charge in [-0.1, -0.05) is 12.2 Å². The summed E-state index contributed by atoms with van der Waals surface area (Å²) in [5.41, 5.74) is -2.42. The van der Waals surface area contributed by atoms with E-state index < -0.39 is 46.4 Å². The molecule has 2 aliphatic rings. The number of fused-ring (bicyclic) bond motifs is 2. The van der Waals surface area contributed by atoms with E-state index in [9.17, 15) is 19.2 Å². The predicted octanol–water partition coefficient (Wildman–Crippen LogP) is 4.34. The molecule has 8 heteroatoms. The fourth-order valence-corrected chi connectivity index (χ4v) is 4.76. The van der Waals surface area contributed by atoms with E-state index in [0.717, 1.165) is 11.2 Å². The number of carbonyl (C=O) groups excluding carboxylic acids is 4. The van der Waals surface area contributed by atoms with Crippen molar-refractivity contribution in [3.8, 4) is 5.75 Å². The van der Waals surface area contributed by atoms with Crippen LogP contribution in [0.3, 0.4) is 0 Å². The molecule has 0 fully saturated rings. The van der Waals surface area contributed by atoms with Crippen molar-refractivity contribution in [3.05, 3.63) is 35.9 Å². The summed E-state index contributed by atoms with van der Waals surface area (Å²) in [5.74, 6) is -2.34. The van der Waals surface area contributed by atoms with Crippen LogP contribution in [0.15, 0.2) is 30.4 Å². The molecule has 1 spiro atoms. The van der Waals surface area contributed by atoms with E-state index in [2.05, 4.69) is 0 Å². The molecule has 1 heterocycles. The maximum atomic E-state index is 14.3. The molecule has 8 nitrogen and oxygen atoms in total. The van der Waals surface area contributed by atoms with Crippen molar-refractivity contribution < 1.29 is 33.4 Å². The molecular weight excluding hydrogens is 438 g/mol. The summed E-state index contributed by atoms with van der Waals surface area (Å²) in [7, 11) is 1.49. The van der Waals surface area contributed by atoms with Crippen molar-refractivity contribution in [1.82, 2.24) is 0 Å². The first-order chi connectivity index (χ1) is 15.8. The van der Waals surface area contributed by atoms with Crippen LogP contribution in [0.4, 0.5) is 10.5 Å². The monoisotopic (exact) mass is 471 g/mol. The van der Waals surface area contributed by atoms with Crippen LogP contribution in [-0.2, 0) is 29.3 Å². The average Bonchev–Trinajstić information content (AvgIpc) is 2.95. The summed E-state index contributed by atoms with van der Waals surface area (Å²) in [4.78, 5) is 53.6. The van der Waals surface area contributed by atoms with E-state index >= 15 is 0 Å². The number of hydrogen-bond donors (Lipinski definition) is 0. The van der Waals surface area contributed by atoms with Gasteiger partial charge in [0.1, 0.15) is 23.2 Å². The largest absolute Gasteiger partial charge is 0.497 e. The standard InChI is InChI=1S/C26H33NO7/c1-24(2,3)33-21(29)18-10-8-9-16(13-14-28)26(18)19-15-17(32-7)11-12-20(19)27(22(26)30)23(31)34-25(4,5)6/h8-9,11-12,14-16,18H,10,13H2,1-7H3/t16-,18-,26+/m1/s1. The van der Waals surface area contributed by atoms with Gasteiger partial charge in [-0.05, 0) is 71.7 Å². The van der Waals surface area contributed by atoms with Gasteiger partial charge in [0, 0.05) is 12.3 Å². The lowest BCUT2D eigenvalue weighted by molar-refractivity contribution is -0.166. The number of carbonyl (C=O) groups is 4. The van der Waals surface area contributed by atoms with Gasteiger partial charge in [-0.15, -0.1) is 0 Å². The Morgan fingerprint density at radius 1 is 1.12 bits per heavy atom. The zero-order valence-corrected chi connectivity index (χ0v) is 20.8. The van der Waals surface area contributed by atoms with Gasteiger partial charge in [0.2, 0.25) is 5.91 Å². The molecule has 0 bridgehead atoms. The van der Waals surface area contributed by atoms with Crippen molar-refractivity contribution in [2.75, 3.05) is 12.0 Å². The highest BCUT2D eigenvalue weighted by Gasteiger charge is 2.64. The van der Waals surface area contributed by atoms with Crippen LogP contribution in [0.2, 0.25) is 0 Å². The van der Waals surface area contributed by atoms with Crippen LogP contribution in [0.25, 0.3) is 0 Å². The van der Waals surface area contributed by atoms with Gasteiger partial charge < -0.3 is 19.0 Å². The Balaban J connectivity index is 2.28. The number of allylic oxidation sites excluding steroid dienone is 2. The second-order valence-corrected chi connectivity index (χ2v) is 10.6. The van der Waals surface area contributed by atoms with Gasteiger partial charge in [0.15, 0.2) is 0 Å². The minimum Gasteiger partial charge on any atom is -0.497 e. The molecule has 0 saturated heterocycles. The molecule has 3 rings (SSSR count). The number of hydrogen-bond acceptors (Lipinski definition) is 7. The van der Waals surface area contributed by atoms with E-state index in [4.69, 9.17) is 14.2 Å². The first kappa shape index (κ1) is 25.5. The van der Waals surface area contributed by atoms with E-state index in [0.29, 0.717) is 17.0 Å². The summed E-state index contributed by atoms with van der Waals surface area (Å²) >= 11 is 0. The SMILES string of the molecule is COc1ccc2c(c1)[C@]1(C(=O)N2C(=O)OC(C)(C)C)[C@@H](CC=O)C=CC[C@@H]1C(=O)OC(C)(C)C. The molecule has 1 aliphatic heterocycles. The summed E-state index contributed by atoms with van der Waals surface area (Å²) in [5, 5.41) is 0. The van der Waals surface area contributed by atoms with Crippen LogP contribution in [0.1, 0.15) is 59.9 Å². The number of aldehydes is 1. The summed E-state index contributed by atoms with van der Waals surface area (Å²) in [6.07, 6.45) is 3.64. The minimum atomic E-state index is -1.53. The number of esters is 1. The number of rotatable bonds is 4. The average molecular weight is 472 g/mol. The van der Waals surface area contributed by atoms with Crippen LogP contribution < -0.4 is 9.64 Å². The van der Waals surface area contributed by atoms with Gasteiger partial charge in [-0.25, -0.2) is 9.69 Å². The lowest BCUT2D eigenvalue weighted by Gasteiger charge is -2.42. The highest BCUT2D eigenvalue weighted by atomic mass is 16.6. The topological polar surface area (TPSA) is 99.2 Å². The molecule has 1 aromatic rings. The van der Waals surface area contributed by atoms with Gasteiger partial charge in [-0.3, -0.25) is 9.59 Å². The highest BCUT2D eigenvalue weighted by molar-refractivity contribution is 6.22. The number of amides is 2. The molecule has 184 valence electrons. The van der Waals surface area contributed by atoms with E-state index in [1.54, 1.807) is 71.9 Å². The number of ether oxygens (including phenoxy) is 3. The molecule has 1 aliphatic carbocycles. The van der Waals surface area contributed by atoms with Crippen molar-refractivity contribution >= 4 is 29.9 Å². The predicted molar refractivity (Wildman–Crippen MR) is 126 cm³/mol. The van der Waals surface area contributed by atoms with Crippen LogP contribution in [0.5, 0.6) is 5.75 Å². The number of benzene rings is 1. The fraction of sp³-hybridized carbons (Fsp3) is 0.538. The summed E-state index contributed by atoms with van der Waals surface area (Å²) in [6, 6.07) is 4.90. The zero-order chi connectivity index (χ0) is 25.5. The Morgan fingerprint density at radius 3 is 2.32 bits per heavy atom. The molecule has 1 aromatic carbocycles. The number of anilines is 1. The fourth-order valence-electron chi connectivity index (χ4n) is 4.76. The maximum absolute atomic E-state index is 14.3. The summed E-state index contributed by atoms with van der Waals surface area (Å²) < 4.78 is 16.7. The summed E-state index contributed by atoms with van der Waals surface area (Å²) in [6.45, 7) is 10.4. The first-order valence-corrected chi connectivity index (χ1v) is 11.4. The third-order valence-electron chi connectivity index (χ3n) is 5.94. The van der Waals surface area contributed by atoms with E-state index in [1.165, 1.54) is 7.11 Å². The minimum absolute atomic E-state index is 0.0135. The molecule has 2 amide bonds. The molecule has 0 aromatic heterocycles. The smallest absolute Gasteiger partial charge is 0.421 e. The Bertz CT molecular complexity index is 1030. The number of nitrogens with zero attached hydrogens (tertiary/aromatic N) is 1. The normalized spacial score (nSPS) is 24.1. The molecule has 34 heavy (non-hydrogen) atoms. The Morgan fingerprint density at radius 2 is 1.76 bits per heavy atom. The first-order valence-electron chi connectivity index (χ1n) is 11.4. The highest BCUT2D eigenvalue weighted by Crippen LogP contribution is 2.56. The second kappa shape index (κ2) is 8.89. The van der Waals surface area contributed by atoms with Crippen molar-refractivity contribution in [1.29, 1.82) is 0 Å². The van der Waals surface area contributed by atoms with Crippen LogP contribution in [-0.4, -0.2) is 42.6 Å². The molecule has 0 saturated carbocycles. The van der Waals surface area contributed by atoms with Crippen LogP contribution in [0, 0.1) is 11.8 Å². The zero-order valence-electron chi connectivity index (χ0n) is 20.8. The molecule has 0 radical (unpaired) electrons.